The molecule has 7 heteroatoms. The van der Waals surface area contributed by atoms with Crippen LogP contribution in [-0.2, 0) is 19.1 Å². The molecule has 0 aromatic carbocycles. The third-order valence-electron chi connectivity index (χ3n) is 4.96. The Kier molecular flexibility index (Phi) is 8.52. The van der Waals surface area contributed by atoms with E-state index in [-0.39, 0.29) is 24.0 Å². The molecule has 2 fully saturated rings. The second kappa shape index (κ2) is 10.4. The molecule has 2 rings (SSSR count). The van der Waals surface area contributed by atoms with E-state index in [9.17, 15) is 9.59 Å². The van der Waals surface area contributed by atoms with Crippen molar-refractivity contribution in [3.8, 4) is 0 Å². The number of nitrogens with zero attached hydrogens (tertiary/aromatic N) is 1. The number of rotatable bonds is 10. The fraction of sp³-hybridized carbons (Fsp3) is 0.889. The van der Waals surface area contributed by atoms with Crippen LogP contribution in [0.4, 0.5) is 0 Å². The van der Waals surface area contributed by atoms with Gasteiger partial charge in [-0.15, -0.1) is 0 Å². The van der Waals surface area contributed by atoms with Gasteiger partial charge >= 0.3 is 5.97 Å². The molecule has 2 heterocycles. The standard InChI is InChI=1S/C18H32N2O4S/c1-4-13-8-6-7-10-20(13)17(21)14(9-11-25-3)19-12-15-16(24-15)18(22)23-5-2/h13-16,19H,4-12H2,1-3H3/t13?,14?,15?,16-/m0/s1. The lowest BCUT2D eigenvalue weighted by molar-refractivity contribution is -0.144. The van der Waals surface area contributed by atoms with Gasteiger partial charge in [0.15, 0.2) is 6.10 Å². The molecule has 25 heavy (non-hydrogen) atoms. The van der Waals surface area contributed by atoms with E-state index in [1.807, 2.05) is 0 Å². The molecule has 0 saturated carbocycles. The van der Waals surface area contributed by atoms with Crippen molar-refractivity contribution in [3.05, 3.63) is 0 Å². The number of thioether (sulfide) groups is 1. The lowest BCUT2D eigenvalue weighted by atomic mass is 9.98. The number of carbonyl (C=O) groups excluding carboxylic acids is 2. The normalized spacial score (nSPS) is 27.0. The van der Waals surface area contributed by atoms with Gasteiger partial charge in [-0.3, -0.25) is 4.79 Å². The van der Waals surface area contributed by atoms with Crippen LogP contribution >= 0.6 is 11.8 Å². The van der Waals surface area contributed by atoms with Crippen molar-refractivity contribution in [1.82, 2.24) is 10.2 Å². The maximum atomic E-state index is 13.0. The molecule has 4 atom stereocenters. The highest BCUT2D eigenvalue weighted by Gasteiger charge is 2.46. The quantitative estimate of drug-likeness (QED) is 0.466. The Labute approximate surface area is 155 Å². The molecule has 0 aliphatic carbocycles. The first-order chi connectivity index (χ1) is 12.1. The second-order valence-corrected chi connectivity index (χ2v) is 7.66. The first-order valence-corrected chi connectivity index (χ1v) is 10.9. The SMILES string of the molecule is CCOC(=O)[C@H]1OC1CNC(CCSC)C(=O)N1CCCCC1CC. The van der Waals surface area contributed by atoms with E-state index in [2.05, 4.69) is 23.4 Å². The molecule has 0 aromatic rings. The maximum Gasteiger partial charge on any atom is 0.338 e. The van der Waals surface area contributed by atoms with E-state index in [4.69, 9.17) is 9.47 Å². The molecule has 0 aromatic heterocycles. The molecule has 2 saturated heterocycles. The highest BCUT2D eigenvalue weighted by atomic mass is 32.2. The summed E-state index contributed by atoms with van der Waals surface area (Å²) in [6.45, 7) is 5.68. The van der Waals surface area contributed by atoms with E-state index < -0.39 is 6.10 Å². The van der Waals surface area contributed by atoms with Crippen LogP contribution in [0.15, 0.2) is 0 Å². The van der Waals surface area contributed by atoms with Crippen LogP contribution in [0.5, 0.6) is 0 Å². The zero-order valence-electron chi connectivity index (χ0n) is 15.7. The molecule has 2 aliphatic heterocycles. The summed E-state index contributed by atoms with van der Waals surface area (Å²) < 4.78 is 10.4. The van der Waals surface area contributed by atoms with Gasteiger partial charge in [0.05, 0.1) is 12.6 Å². The summed E-state index contributed by atoms with van der Waals surface area (Å²) in [7, 11) is 0. The summed E-state index contributed by atoms with van der Waals surface area (Å²) >= 11 is 1.75. The summed E-state index contributed by atoms with van der Waals surface area (Å²) in [5, 5.41) is 3.35. The summed E-state index contributed by atoms with van der Waals surface area (Å²) in [6, 6.07) is 0.163. The Balaban J connectivity index is 1.87. The third-order valence-corrected chi connectivity index (χ3v) is 5.60. The predicted molar refractivity (Wildman–Crippen MR) is 99.7 cm³/mol. The van der Waals surface area contributed by atoms with Crippen molar-refractivity contribution in [2.75, 3.05) is 31.7 Å². The van der Waals surface area contributed by atoms with Gasteiger partial charge < -0.3 is 19.7 Å². The smallest absolute Gasteiger partial charge is 0.338 e. The first-order valence-electron chi connectivity index (χ1n) is 9.47. The number of piperidine rings is 1. The van der Waals surface area contributed by atoms with Crippen LogP contribution in [0.3, 0.4) is 0 Å². The Hall–Kier alpha value is -0.790. The maximum absolute atomic E-state index is 13.0. The molecule has 0 bridgehead atoms. The predicted octanol–water partition coefficient (Wildman–Crippen LogP) is 1.82. The molecule has 3 unspecified atom stereocenters. The molecule has 0 spiro atoms. The van der Waals surface area contributed by atoms with Crippen molar-refractivity contribution in [1.29, 1.82) is 0 Å². The van der Waals surface area contributed by atoms with Gasteiger partial charge in [-0.05, 0) is 51.0 Å². The number of hydrogen-bond acceptors (Lipinski definition) is 6. The number of carbonyl (C=O) groups is 2. The number of likely N-dealkylation sites (tertiary alicyclic amines) is 1. The lowest BCUT2D eigenvalue weighted by Crippen LogP contribution is -2.53. The van der Waals surface area contributed by atoms with Crippen LogP contribution in [0.1, 0.15) is 46.0 Å². The second-order valence-electron chi connectivity index (χ2n) is 6.68. The highest BCUT2D eigenvalue weighted by molar-refractivity contribution is 7.98. The molecule has 1 N–H and O–H groups in total. The van der Waals surface area contributed by atoms with Crippen LogP contribution in [0.25, 0.3) is 0 Å². The number of esters is 1. The van der Waals surface area contributed by atoms with E-state index in [0.29, 0.717) is 19.2 Å². The minimum absolute atomic E-state index is 0.174. The Morgan fingerprint density at radius 2 is 2.16 bits per heavy atom. The zero-order chi connectivity index (χ0) is 18.2. The summed E-state index contributed by atoms with van der Waals surface area (Å²) in [6.07, 6.45) is 6.62. The van der Waals surface area contributed by atoms with Crippen LogP contribution < -0.4 is 5.32 Å². The number of amides is 1. The minimum Gasteiger partial charge on any atom is -0.464 e. The zero-order valence-corrected chi connectivity index (χ0v) is 16.5. The molecule has 1 amide bonds. The topological polar surface area (TPSA) is 71.2 Å². The number of ether oxygens (including phenoxy) is 2. The Morgan fingerprint density at radius 3 is 2.84 bits per heavy atom. The van der Waals surface area contributed by atoms with Gasteiger partial charge in [0.2, 0.25) is 5.91 Å². The van der Waals surface area contributed by atoms with Gasteiger partial charge in [0, 0.05) is 19.1 Å². The molecule has 6 nitrogen and oxygen atoms in total. The van der Waals surface area contributed by atoms with Gasteiger partial charge in [-0.2, -0.15) is 11.8 Å². The van der Waals surface area contributed by atoms with Crippen LogP contribution in [0.2, 0.25) is 0 Å². The largest absolute Gasteiger partial charge is 0.464 e. The molecule has 2 aliphatic rings. The van der Waals surface area contributed by atoms with E-state index in [1.165, 1.54) is 6.42 Å². The van der Waals surface area contributed by atoms with E-state index in [0.717, 1.165) is 38.0 Å². The number of hydrogen-bond donors (Lipinski definition) is 1. The van der Waals surface area contributed by atoms with Crippen molar-refractivity contribution >= 4 is 23.6 Å². The molecule has 0 radical (unpaired) electrons. The molecular formula is C18H32N2O4S. The number of nitrogens with one attached hydrogen (secondary N) is 1. The minimum atomic E-state index is -0.470. The van der Waals surface area contributed by atoms with Gasteiger partial charge in [0.1, 0.15) is 6.10 Å². The molecular weight excluding hydrogens is 340 g/mol. The fourth-order valence-corrected chi connectivity index (χ4v) is 3.92. The highest BCUT2D eigenvalue weighted by Crippen LogP contribution is 2.24. The average Bonchev–Trinajstić information content (AvgIpc) is 3.41. The Morgan fingerprint density at radius 1 is 1.36 bits per heavy atom. The first kappa shape index (κ1) is 20.5. The number of epoxide rings is 1. The van der Waals surface area contributed by atoms with Crippen LogP contribution in [-0.4, -0.2) is 72.8 Å². The Bertz CT molecular complexity index is 449. The van der Waals surface area contributed by atoms with E-state index >= 15 is 0 Å². The van der Waals surface area contributed by atoms with Crippen molar-refractivity contribution in [2.45, 2.75) is 70.2 Å². The van der Waals surface area contributed by atoms with E-state index in [1.54, 1.807) is 18.7 Å². The van der Waals surface area contributed by atoms with Gasteiger partial charge in [0.25, 0.3) is 0 Å². The average molecular weight is 373 g/mol. The lowest BCUT2D eigenvalue weighted by Gasteiger charge is -2.37. The summed E-state index contributed by atoms with van der Waals surface area (Å²) in [4.78, 5) is 26.8. The van der Waals surface area contributed by atoms with Crippen molar-refractivity contribution in [2.24, 2.45) is 0 Å². The monoisotopic (exact) mass is 372 g/mol. The molecule has 144 valence electrons. The third kappa shape index (κ3) is 5.86. The van der Waals surface area contributed by atoms with Gasteiger partial charge in [-0.25, -0.2) is 4.79 Å². The van der Waals surface area contributed by atoms with Gasteiger partial charge in [-0.1, -0.05) is 6.92 Å². The summed E-state index contributed by atoms with van der Waals surface area (Å²) in [5.74, 6) is 0.832. The van der Waals surface area contributed by atoms with Crippen LogP contribution in [0, 0.1) is 0 Å². The van der Waals surface area contributed by atoms with Crippen molar-refractivity contribution in [3.63, 3.8) is 0 Å². The van der Waals surface area contributed by atoms with Crippen molar-refractivity contribution < 1.29 is 19.1 Å². The fourth-order valence-electron chi connectivity index (χ4n) is 3.45. The summed E-state index contributed by atoms with van der Waals surface area (Å²) in [5.41, 5.74) is 0.